The quantitative estimate of drug-likeness (QED) is 0.874. The average Bonchev–Trinajstić information content (AvgIpc) is 2.80. The van der Waals surface area contributed by atoms with Crippen molar-refractivity contribution < 1.29 is 19.1 Å². The minimum Gasteiger partial charge on any atom is -0.464 e. The second kappa shape index (κ2) is 5.36. The van der Waals surface area contributed by atoms with Crippen LogP contribution < -0.4 is 0 Å². The van der Waals surface area contributed by atoms with Crippen LogP contribution in [0, 0.1) is 13.8 Å². The van der Waals surface area contributed by atoms with E-state index >= 15 is 0 Å². The third kappa shape index (κ3) is 2.39. The summed E-state index contributed by atoms with van der Waals surface area (Å²) < 4.78 is 9.84. The number of esters is 2. The van der Waals surface area contributed by atoms with E-state index in [1.807, 2.05) is 26.0 Å². The van der Waals surface area contributed by atoms with Crippen molar-refractivity contribution in [2.24, 2.45) is 0 Å². The molecule has 5 nitrogen and oxygen atoms in total. The van der Waals surface area contributed by atoms with Crippen LogP contribution in [0.5, 0.6) is 0 Å². The van der Waals surface area contributed by atoms with Gasteiger partial charge in [0.1, 0.15) is 12.3 Å². The van der Waals surface area contributed by atoms with Gasteiger partial charge in [-0.2, -0.15) is 0 Å². The SMILES string of the molecule is COC(=O)c1[nH]c2c(C)ccc(C)c2c1COC(C)=O. The Morgan fingerprint density at radius 2 is 1.85 bits per heavy atom. The van der Waals surface area contributed by atoms with E-state index < -0.39 is 5.97 Å². The summed E-state index contributed by atoms with van der Waals surface area (Å²) in [5, 5.41) is 0.909. The molecule has 0 spiro atoms. The predicted octanol–water partition coefficient (Wildman–Crippen LogP) is 2.63. The fraction of sp³-hybridized carbons (Fsp3) is 0.333. The highest BCUT2D eigenvalue weighted by molar-refractivity contribution is 6.00. The van der Waals surface area contributed by atoms with Gasteiger partial charge in [0.25, 0.3) is 0 Å². The van der Waals surface area contributed by atoms with E-state index in [1.54, 1.807) is 0 Å². The Morgan fingerprint density at radius 3 is 2.45 bits per heavy atom. The number of carbonyl (C=O) groups excluding carboxylic acids is 2. The van der Waals surface area contributed by atoms with Crippen LogP contribution in [-0.2, 0) is 20.9 Å². The lowest BCUT2D eigenvalue weighted by molar-refractivity contribution is -0.142. The predicted molar refractivity (Wildman–Crippen MR) is 74.6 cm³/mol. The summed E-state index contributed by atoms with van der Waals surface area (Å²) in [6.45, 7) is 5.29. The molecule has 0 amide bonds. The van der Waals surface area contributed by atoms with Gasteiger partial charge in [0.15, 0.2) is 0 Å². The number of hydrogen-bond donors (Lipinski definition) is 1. The first-order valence-electron chi connectivity index (χ1n) is 6.28. The number of hydrogen-bond acceptors (Lipinski definition) is 4. The van der Waals surface area contributed by atoms with Crippen molar-refractivity contribution >= 4 is 22.8 Å². The minimum absolute atomic E-state index is 0.0457. The Labute approximate surface area is 116 Å². The van der Waals surface area contributed by atoms with Gasteiger partial charge >= 0.3 is 11.9 Å². The Hall–Kier alpha value is -2.30. The summed E-state index contributed by atoms with van der Waals surface area (Å²) in [5.74, 6) is -0.859. The maximum absolute atomic E-state index is 11.9. The van der Waals surface area contributed by atoms with Crippen LogP contribution >= 0.6 is 0 Å². The fourth-order valence-electron chi connectivity index (χ4n) is 2.28. The molecule has 106 valence electrons. The van der Waals surface area contributed by atoms with E-state index in [-0.39, 0.29) is 12.6 Å². The van der Waals surface area contributed by atoms with E-state index in [1.165, 1.54) is 14.0 Å². The molecule has 0 aliphatic heterocycles. The molecule has 1 aromatic heterocycles. The van der Waals surface area contributed by atoms with Crippen molar-refractivity contribution in [1.82, 2.24) is 4.98 Å². The van der Waals surface area contributed by atoms with Crippen LogP contribution in [0.4, 0.5) is 0 Å². The van der Waals surface area contributed by atoms with Gasteiger partial charge in [-0.1, -0.05) is 12.1 Å². The topological polar surface area (TPSA) is 68.4 Å². The first kappa shape index (κ1) is 14.1. The Balaban J connectivity index is 2.68. The average molecular weight is 275 g/mol. The van der Waals surface area contributed by atoms with Crippen LogP contribution in [0.2, 0.25) is 0 Å². The van der Waals surface area contributed by atoms with Crippen LogP contribution in [-0.4, -0.2) is 24.0 Å². The Morgan fingerprint density at radius 1 is 1.20 bits per heavy atom. The van der Waals surface area contributed by atoms with Crippen molar-refractivity contribution in [1.29, 1.82) is 0 Å². The van der Waals surface area contributed by atoms with Crippen molar-refractivity contribution in [3.05, 3.63) is 34.5 Å². The lowest BCUT2D eigenvalue weighted by Crippen LogP contribution is -2.07. The zero-order valence-corrected chi connectivity index (χ0v) is 12.0. The number of carbonyl (C=O) groups is 2. The molecular formula is C15H17NO4. The molecule has 20 heavy (non-hydrogen) atoms. The van der Waals surface area contributed by atoms with Gasteiger partial charge in [-0.25, -0.2) is 4.79 Å². The standard InChI is InChI=1S/C15H17NO4/c1-8-5-6-9(2)13-12(8)11(7-20-10(3)17)14(16-13)15(18)19-4/h5-6,16H,7H2,1-4H3. The summed E-state index contributed by atoms with van der Waals surface area (Å²) in [6, 6.07) is 3.95. The first-order chi connectivity index (χ1) is 9.45. The highest BCUT2D eigenvalue weighted by atomic mass is 16.5. The summed E-state index contributed by atoms with van der Waals surface area (Å²) >= 11 is 0. The molecule has 0 saturated carbocycles. The van der Waals surface area contributed by atoms with E-state index in [0.717, 1.165) is 22.0 Å². The molecule has 1 N–H and O–H groups in total. The van der Waals surface area contributed by atoms with Crippen molar-refractivity contribution in [2.45, 2.75) is 27.4 Å². The molecule has 5 heteroatoms. The summed E-state index contributed by atoms with van der Waals surface area (Å²) in [4.78, 5) is 26.0. The highest BCUT2D eigenvalue weighted by Gasteiger charge is 2.21. The van der Waals surface area contributed by atoms with Gasteiger partial charge in [-0.15, -0.1) is 0 Å². The number of aromatic nitrogens is 1. The number of methoxy groups -OCH3 is 1. The van der Waals surface area contributed by atoms with E-state index in [0.29, 0.717) is 11.3 Å². The van der Waals surface area contributed by atoms with E-state index in [4.69, 9.17) is 9.47 Å². The maximum Gasteiger partial charge on any atom is 0.354 e. The monoisotopic (exact) mass is 275 g/mol. The number of aromatic amines is 1. The van der Waals surface area contributed by atoms with Gasteiger partial charge < -0.3 is 14.5 Å². The fourth-order valence-corrected chi connectivity index (χ4v) is 2.28. The number of benzene rings is 1. The molecule has 0 aliphatic carbocycles. The zero-order valence-electron chi connectivity index (χ0n) is 12.0. The van der Waals surface area contributed by atoms with E-state index in [2.05, 4.69) is 4.98 Å². The zero-order chi connectivity index (χ0) is 14.9. The number of rotatable bonds is 3. The number of H-pyrrole nitrogens is 1. The number of ether oxygens (including phenoxy) is 2. The largest absolute Gasteiger partial charge is 0.464 e. The van der Waals surface area contributed by atoms with Crippen molar-refractivity contribution in [3.63, 3.8) is 0 Å². The molecule has 0 unspecified atom stereocenters. The second-order valence-corrected chi connectivity index (χ2v) is 4.70. The summed E-state index contributed by atoms with van der Waals surface area (Å²) in [5.41, 5.74) is 3.89. The van der Waals surface area contributed by atoms with Gasteiger partial charge in [0, 0.05) is 23.4 Å². The van der Waals surface area contributed by atoms with Crippen molar-refractivity contribution in [3.8, 4) is 0 Å². The first-order valence-corrected chi connectivity index (χ1v) is 6.28. The number of aryl methyl sites for hydroxylation is 2. The molecule has 0 fully saturated rings. The van der Waals surface area contributed by atoms with Gasteiger partial charge in [0.2, 0.25) is 0 Å². The molecule has 0 aliphatic rings. The highest BCUT2D eigenvalue weighted by Crippen LogP contribution is 2.29. The molecule has 1 heterocycles. The van der Waals surface area contributed by atoms with Gasteiger partial charge in [-0.05, 0) is 25.0 Å². The molecule has 0 radical (unpaired) electrons. The third-order valence-electron chi connectivity index (χ3n) is 3.28. The molecule has 0 atom stereocenters. The second-order valence-electron chi connectivity index (χ2n) is 4.70. The maximum atomic E-state index is 11.9. The lowest BCUT2D eigenvalue weighted by Gasteiger charge is -2.06. The number of fused-ring (bicyclic) bond motifs is 1. The van der Waals surface area contributed by atoms with Gasteiger partial charge in [-0.3, -0.25) is 4.79 Å². The molecule has 1 aromatic carbocycles. The third-order valence-corrected chi connectivity index (χ3v) is 3.28. The molecule has 0 bridgehead atoms. The normalized spacial score (nSPS) is 10.6. The number of nitrogens with one attached hydrogen (secondary N) is 1. The molecule has 2 rings (SSSR count). The van der Waals surface area contributed by atoms with Crippen LogP contribution in [0.15, 0.2) is 12.1 Å². The van der Waals surface area contributed by atoms with Crippen molar-refractivity contribution in [2.75, 3.05) is 7.11 Å². The van der Waals surface area contributed by atoms with Gasteiger partial charge in [0.05, 0.1) is 7.11 Å². The smallest absolute Gasteiger partial charge is 0.354 e. The lowest BCUT2D eigenvalue weighted by atomic mass is 10.0. The summed E-state index contributed by atoms with van der Waals surface area (Å²) in [7, 11) is 1.32. The molecule has 0 saturated heterocycles. The van der Waals surface area contributed by atoms with Crippen LogP contribution in [0.1, 0.15) is 34.1 Å². The van der Waals surface area contributed by atoms with Crippen LogP contribution in [0.3, 0.4) is 0 Å². The van der Waals surface area contributed by atoms with Crippen LogP contribution in [0.25, 0.3) is 10.9 Å². The molecular weight excluding hydrogens is 258 g/mol. The Bertz CT molecular complexity index is 685. The molecule has 2 aromatic rings. The summed E-state index contributed by atoms with van der Waals surface area (Å²) in [6.07, 6.45) is 0. The van der Waals surface area contributed by atoms with E-state index in [9.17, 15) is 9.59 Å². The minimum atomic E-state index is -0.470. The Kier molecular flexibility index (Phi) is 3.79.